The Kier molecular flexibility index (Phi) is 4.61. The van der Waals surface area contributed by atoms with E-state index in [-0.39, 0.29) is 11.4 Å². The van der Waals surface area contributed by atoms with Gasteiger partial charge in [0.1, 0.15) is 0 Å². The summed E-state index contributed by atoms with van der Waals surface area (Å²) in [4.78, 5) is 4.25. The zero-order valence-corrected chi connectivity index (χ0v) is 14.5. The van der Waals surface area contributed by atoms with Crippen LogP contribution in [0.4, 0.5) is 0 Å². The Balaban J connectivity index is 1.86. The maximum Gasteiger partial charge on any atom is 0.241 e. The van der Waals surface area contributed by atoms with Gasteiger partial charge in [0.2, 0.25) is 10.0 Å². The number of nitrogens with one attached hydrogen (secondary N) is 1. The van der Waals surface area contributed by atoms with Crippen LogP contribution < -0.4 is 4.72 Å². The first-order chi connectivity index (χ1) is 11.1. The zero-order valence-electron chi connectivity index (χ0n) is 12.1. The van der Waals surface area contributed by atoms with Gasteiger partial charge in [-0.3, -0.25) is 0 Å². The smallest absolute Gasteiger partial charge is 0.241 e. The van der Waals surface area contributed by atoms with Crippen molar-refractivity contribution in [2.75, 3.05) is 0 Å². The third-order valence-corrected chi connectivity index (χ3v) is 5.77. The van der Waals surface area contributed by atoms with Crippen LogP contribution in [-0.4, -0.2) is 18.0 Å². The molecular weight excluding hydrogens is 378 g/mol. The molecule has 0 aliphatic carbocycles. The molecule has 23 heavy (non-hydrogen) atoms. The van der Waals surface area contributed by atoms with Gasteiger partial charge in [0.25, 0.3) is 0 Å². The molecule has 1 aromatic heterocycles. The van der Waals surface area contributed by atoms with Gasteiger partial charge >= 0.3 is 0 Å². The van der Waals surface area contributed by atoms with E-state index < -0.39 is 10.0 Å². The van der Waals surface area contributed by atoms with E-state index >= 15 is 0 Å². The number of sulfonamides is 1. The summed E-state index contributed by atoms with van der Waals surface area (Å²) in [6.45, 7) is 0.192. The molecule has 0 aliphatic rings. The van der Waals surface area contributed by atoms with E-state index in [2.05, 4.69) is 25.6 Å². The first-order valence-corrected chi connectivity index (χ1v) is 9.16. The SMILES string of the molecule is O=S(=O)(NCc1ccccc1-n1ccnc1)c1ccccc1Br. The van der Waals surface area contributed by atoms with Gasteiger partial charge in [-0.05, 0) is 39.7 Å². The molecule has 5 nitrogen and oxygen atoms in total. The highest BCUT2D eigenvalue weighted by atomic mass is 79.9. The summed E-state index contributed by atoms with van der Waals surface area (Å²) in [5.74, 6) is 0. The van der Waals surface area contributed by atoms with Crippen LogP contribution >= 0.6 is 15.9 Å². The van der Waals surface area contributed by atoms with Crippen LogP contribution in [0.3, 0.4) is 0 Å². The van der Waals surface area contributed by atoms with Gasteiger partial charge in [-0.1, -0.05) is 30.3 Å². The lowest BCUT2D eigenvalue weighted by Gasteiger charge is -2.12. The van der Waals surface area contributed by atoms with E-state index in [0.717, 1.165) is 11.3 Å². The molecular formula is C16H14BrN3O2S. The van der Waals surface area contributed by atoms with Crippen molar-refractivity contribution in [2.24, 2.45) is 0 Å². The fourth-order valence-electron chi connectivity index (χ4n) is 2.23. The number of hydrogen-bond donors (Lipinski definition) is 1. The molecule has 0 aliphatic heterocycles. The van der Waals surface area contributed by atoms with Gasteiger partial charge in [-0.15, -0.1) is 0 Å². The topological polar surface area (TPSA) is 64.0 Å². The largest absolute Gasteiger partial charge is 0.306 e. The highest BCUT2D eigenvalue weighted by Crippen LogP contribution is 2.21. The van der Waals surface area contributed by atoms with Crippen LogP contribution in [0, 0.1) is 0 Å². The highest BCUT2D eigenvalue weighted by molar-refractivity contribution is 9.10. The van der Waals surface area contributed by atoms with Crippen LogP contribution in [0.25, 0.3) is 5.69 Å². The third-order valence-electron chi connectivity index (χ3n) is 3.35. The Morgan fingerprint density at radius 1 is 1.09 bits per heavy atom. The van der Waals surface area contributed by atoms with Crippen molar-refractivity contribution < 1.29 is 8.42 Å². The Hall–Kier alpha value is -1.96. The average molecular weight is 392 g/mol. The van der Waals surface area contributed by atoms with E-state index in [1.807, 2.05) is 35.0 Å². The minimum atomic E-state index is -3.60. The number of rotatable bonds is 5. The van der Waals surface area contributed by atoms with Crippen LogP contribution in [0.1, 0.15) is 5.56 Å². The predicted molar refractivity (Wildman–Crippen MR) is 91.7 cm³/mol. The second-order valence-electron chi connectivity index (χ2n) is 4.85. The minimum absolute atomic E-state index is 0.192. The maximum absolute atomic E-state index is 12.5. The molecule has 3 aromatic rings. The molecule has 0 spiro atoms. The van der Waals surface area contributed by atoms with E-state index in [9.17, 15) is 8.42 Å². The second kappa shape index (κ2) is 6.66. The molecule has 118 valence electrons. The number of hydrogen-bond acceptors (Lipinski definition) is 3. The number of aromatic nitrogens is 2. The third kappa shape index (κ3) is 3.52. The predicted octanol–water partition coefficient (Wildman–Crippen LogP) is 3.11. The summed E-state index contributed by atoms with van der Waals surface area (Å²) in [5, 5.41) is 0. The van der Waals surface area contributed by atoms with Crippen LogP contribution in [0.5, 0.6) is 0 Å². The van der Waals surface area contributed by atoms with E-state index in [4.69, 9.17) is 0 Å². The van der Waals surface area contributed by atoms with Gasteiger partial charge in [-0.2, -0.15) is 0 Å². The molecule has 0 fully saturated rings. The second-order valence-corrected chi connectivity index (χ2v) is 7.44. The lowest BCUT2D eigenvalue weighted by atomic mass is 10.2. The van der Waals surface area contributed by atoms with Crippen LogP contribution in [0.2, 0.25) is 0 Å². The van der Waals surface area contributed by atoms with Gasteiger partial charge in [0, 0.05) is 23.4 Å². The maximum atomic E-state index is 12.5. The molecule has 0 bridgehead atoms. The van der Waals surface area contributed by atoms with Gasteiger partial charge in [-0.25, -0.2) is 18.1 Å². The zero-order chi connectivity index (χ0) is 16.3. The van der Waals surface area contributed by atoms with Crippen molar-refractivity contribution in [3.05, 3.63) is 77.3 Å². The van der Waals surface area contributed by atoms with Crippen molar-refractivity contribution in [2.45, 2.75) is 11.4 Å². The van der Waals surface area contributed by atoms with Crippen molar-refractivity contribution in [3.63, 3.8) is 0 Å². The molecule has 0 amide bonds. The van der Waals surface area contributed by atoms with Gasteiger partial charge in [0.05, 0.1) is 16.9 Å². The molecule has 3 rings (SSSR count). The van der Waals surface area contributed by atoms with Gasteiger partial charge < -0.3 is 4.57 Å². The Morgan fingerprint density at radius 3 is 2.57 bits per heavy atom. The van der Waals surface area contributed by atoms with Gasteiger partial charge in [0.15, 0.2) is 0 Å². The monoisotopic (exact) mass is 391 g/mol. The molecule has 0 saturated heterocycles. The Bertz CT molecular complexity index is 909. The molecule has 0 saturated carbocycles. The first kappa shape index (κ1) is 15.9. The van der Waals surface area contributed by atoms with Crippen LogP contribution in [-0.2, 0) is 16.6 Å². The Morgan fingerprint density at radius 2 is 1.83 bits per heavy atom. The molecule has 1 heterocycles. The first-order valence-electron chi connectivity index (χ1n) is 6.88. The molecule has 0 unspecified atom stereocenters. The van der Waals surface area contributed by atoms with Crippen molar-refractivity contribution in [1.29, 1.82) is 0 Å². The summed E-state index contributed by atoms with van der Waals surface area (Å²) in [6.07, 6.45) is 5.18. The number of nitrogens with zero attached hydrogens (tertiary/aromatic N) is 2. The summed E-state index contributed by atoms with van der Waals surface area (Å²) in [5.41, 5.74) is 1.75. The highest BCUT2D eigenvalue weighted by Gasteiger charge is 2.17. The molecule has 0 atom stereocenters. The summed E-state index contributed by atoms with van der Waals surface area (Å²) < 4.78 is 30.0. The van der Waals surface area contributed by atoms with E-state index in [1.165, 1.54) is 0 Å². The lowest BCUT2D eigenvalue weighted by Crippen LogP contribution is -2.24. The average Bonchev–Trinajstić information content (AvgIpc) is 3.08. The quantitative estimate of drug-likeness (QED) is 0.726. The molecule has 7 heteroatoms. The fraction of sp³-hybridized carbons (Fsp3) is 0.0625. The summed E-state index contributed by atoms with van der Waals surface area (Å²) >= 11 is 3.27. The summed E-state index contributed by atoms with van der Waals surface area (Å²) in [7, 11) is -3.60. The van der Waals surface area contributed by atoms with Crippen LogP contribution in [0.15, 0.2) is 76.6 Å². The summed E-state index contributed by atoms with van der Waals surface area (Å²) in [6, 6.07) is 14.3. The van der Waals surface area contributed by atoms with Crippen molar-refractivity contribution in [1.82, 2.24) is 14.3 Å². The number of benzene rings is 2. The standard InChI is InChI=1S/C16H14BrN3O2S/c17-14-6-2-4-8-16(14)23(21,22)19-11-13-5-1-3-7-15(13)20-10-9-18-12-20/h1-10,12,19H,11H2. The number of halogens is 1. The minimum Gasteiger partial charge on any atom is -0.306 e. The van der Waals surface area contributed by atoms with E-state index in [1.54, 1.807) is 36.8 Å². The van der Waals surface area contributed by atoms with E-state index in [0.29, 0.717) is 4.47 Å². The number of imidazole rings is 1. The Labute approximate surface area is 143 Å². The van der Waals surface area contributed by atoms with Crippen molar-refractivity contribution >= 4 is 26.0 Å². The molecule has 1 N–H and O–H groups in total. The molecule has 2 aromatic carbocycles. The lowest BCUT2D eigenvalue weighted by molar-refractivity contribution is 0.580. The number of para-hydroxylation sites is 1. The normalized spacial score (nSPS) is 11.5. The fourth-order valence-corrected chi connectivity index (χ4v) is 4.23. The molecule has 0 radical (unpaired) electrons. The van der Waals surface area contributed by atoms with Crippen molar-refractivity contribution in [3.8, 4) is 5.69 Å².